The van der Waals surface area contributed by atoms with Crippen LogP contribution in [-0.2, 0) is 9.59 Å². The Hall–Kier alpha value is -1.10. The Balaban J connectivity index is 4.10. The number of carbonyl (C=O) groups is 2. The lowest BCUT2D eigenvalue weighted by Crippen LogP contribution is -2.36. The van der Waals surface area contributed by atoms with Crippen molar-refractivity contribution in [3.63, 3.8) is 0 Å². The molecule has 0 bridgehead atoms. The van der Waals surface area contributed by atoms with E-state index in [9.17, 15) is 9.59 Å². The Morgan fingerprint density at radius 1 is 1.25 bits per heavy atom. The van der Waals surface area contributed by atoms with E-state index in [1.807, 2.05) is 13.8 Å². The molecule has 16 heavy (non-hydrogen) atoms. The van der Waals surface area contributed by atoms with Crippen LogP contribution in [0, 0.1) is 5.92 Å². The average Bonchev–Trinajstić information content (AvgIpc) is 2.11. The maximum atomic E-state index is 11.4. The van der Waals surface area contributed by atoms with Crippen molar-refractivity contribution in [3.05, 3.63) is 0 Å². The van der Waals surface area contributed by atoms with E-state index in [4.69, 9.17) is 5.11 Å². The molecule has 0 fully saturated rings. The van der Waals surface area contributed by atoms with Crippen LogP contribution in [0.5, 0.6) is 0 Å². The number of rotatable bonds is 7. The van der Waals surface area contributed by atoms with Crippen LogP contribution in [0.1, 0.15) is 20.3 Å². The molecule has 0 radical (unpaired) electrons. The summed E-state index contributed by atoms with van der Waals surface area (Å²) in [5.74, 6) is -0.425. The molecule has 0 aromatic rings. The van der Waals surface area contributed by atoms with Gasteiger partial charge in [-0.1, -0.05) is 13.8 Å². The van der Waals surface area contributed by atoms with Gasteiger partial charge in [0.25, 0.3) is 0 Å². The number of nitrogens with zero attached hydrogens (tertiary/aromatic N) is 2. The van der Waals surface area contributed by atoms with E-state index < -0.39 is 5.97 Å². The quantitative estimate of drug-likeness (QED) is 0.692. The molecule has 5 nitrogen and oxygen atoms in total. The number of hydrogen-bond acceptors (Lipinski definition) is 3. The highest BCUT2D eigenvalue weighted by Gasteiger charge is 2.13. The van der Waals surface area contributed by atoms with E-state index in [-0.39, 0.29) is 12.5 Å². The summed E-state index contributed by atoms with van der Waals surface area (Å²) in [5.41, 5.74) is 0. The number of carboxylic acid groups (broad SMARTS) is 1. The van der Waals surface area contributed by atoms with Gasteiger partial charge in [0.2, 0.25) is 5.91 Å². The molecule has 1 amide bonds. The minimum atomic E-state index is -0.849. The Kier molecular flexibility index (Phi) is 6.72. The first-order valence-corrected chi connectivity index (χ1v) is 5.47. The monoisotopic (exact) mass is 230 g/mol. The fraction of sp³-hybridized carbons (Fsp3) is 0.818. The normalized spacial score (nSPS) is 10.9. The number of aliphatic carboxylic acids is 1. The molecule has 0 aromatic carbocycles. The Morgan fingerprint density at radius 2 is 1.81 bits per heavy atom. The van der Waals surface area contributed by atoms with Gasteiger partial charge >= 0.3 is 5.97 Å². The first-order chi connectivity index (χ1) is 7.32. The molecular weight excluding hydrogens is 208 g/mol. The van der Waals surface area contributed by atoms with Crippen LogP contribution in [0.3, 0.4) is 0 Å². The third kappa shape index (κ3) is 7.23. The smallest absolute Gasteiger partial charge is 0.317 e. The molecule has 0 aliphatic heterocycles. The molecule has 0 saturated heterocycles. The molecule has 0 unspecified atom stereocenters. The van der Waals surface area contributed by atoms with Gasteiger partial charge in [0.1, 0.15) is 0 Å². The van der Waals surface area contributed by atoms with E-state index in [1.54, 1.807) is 19.0 Å². The molecule has 0 aliphatic rings. The summed E-state index contributed by atoms with van der Waals surface area (Å²) in [7, 11) is 3.40. The summed E-state index contributed by atoms with van der Waals surface area (Å²) in [4.78, 5) is 25.3. The van der Waals surface area contributed by atoms with E-state index in [2.05, 4.69) is 0 Å². The largest absolute Gasteiger partial charge is 0.480 e. The van der Waals surface area contributed by atoms with Crippen molar-refractivity contribution < 1.29 is 14.7 Å². The number of carbonyl (C=O) groups excluding carboxylic acids is 1. The second-order valence-electron chi connectivity index (χ2n) is 4.56. The van der Waals surface area contributed by atoms with Crippen molar-refractivity contribution in [2.75, 3.05) is 33.7 Å². The predicted octanol–water partition coefficient (Wildman–Crippen LogP) is 0.507. The van der Waals surface area contributed by atoms with E-state index in [0.29, 0.717) is 25.4 Å². The van der Waals surface area contributed by atoms with Gasteiger partial charge in [0.05, 0.1) is 6.54 Å². The van der Waals surface area contributed by atoms with Gasteiger partial charge in [0, 0.05) is 33.6 Å². The topological polar surface area (TPSA) is 60.9 Å². The van der Waals surface area contributed by atoms with Crippen molar-refractivity contribution >= 4 is 11.9 Å². The van der Waals surface area contributed by atoms with E-state index in [0.717, 1.165) is 0 Å². The second kappa shape index (κ2) is 7.22. The zero-order valence-corrected chi connectivity index (χ0v) is 10.6. The molecule has 0 spiro atoms. The lowest BCUT2D eigenvalue weighted by molar-refractivity contribution is -0.139. The van der Waals surface area contributed by atoms with Crippen LogP contribution in [0.4, 0.5) is 0 Å². The van der Waals surface area contributed by atoms with Gasteiger partial charge in [-0.25, -0.2) is 0 Å². The summed E-state index contributed by atoms with van der Waals surface area (Å²) in [6, 6.07) is 0. The molecular formula is C11H22N2O3. The van der Waals surface area contributed by atoms with Crippen LogP contribution in [0.15, 0.2) is 0 Å². The van der Waals surface area contributed by atoms with Gasteiger partial charge in [-0.05, 0) is 5.92 Å². The molecule has 0 aromatic heterocycles. The third-order valence-electron chi connectivity index (χ3n) is 2.12. The van der Waals surface area contributed by atoms with Gasteiger partial charge in [-0.2, -0.15) is 0 Å². The zero-order chi connectivity index (χ0) is 12.7. The van der Waals surface area contributed by atoms with Crippen LogP contribution in [0.25, 0.3) is 0 Å². The number of carboxylic acids is 1. The maximum absolute atomic E-state index is 11.4. The predicted molar refractivity (Wildman–Crippen MR) is 62.2 cm³/mol. The fourth-order valence-electron chi connectivity index (χ4n) is 1.42. The third-order valence-corrected chi connectivity index (χ3v) is 2.12. The summed E-state index contributed by atoms with van der Waals surface area (Å²) in [6.07, 6.45) is 0.368. The standard InChI is InChI=1S/C11H22N2O3/c1-9(2)7-13(8-11(15)16)6-5-10(14)12(3)4/h9H,5-8H2,1-4H3,(H,15,16). The van der Waals surface area contributed by atoms with Gasteiger partial charge < -0.3 is 10.0 Å². The van der Waals surface area contributed by atoms with Crippen LogP contribution in [-0.4, -0.2) is 60.5 Å². The van der Waals surface area contributed by atoms with Crippen molar-refractivity contribution in [1.29, 1.82) is 0 Å². The van der Waals surface area contributed by atoms with Crippen LogP contribution < -0.4 is 0 Å². The van der Waals surface area contributed by atoms with Crippen LogP contribution >= 0.6 is 0 Å². The Labute approximate surface area is 97.0 Å². The molecule has 0 saturated carbocycles. The molecule has 0 atom stereocenters. The fourth-order valence-corrected chi connectivity index (χ4v) is 1.42. The zero-order valence-electron chi connectivity index (χ0n) is 10.6. The van der Waals surface area contributed by atoms with Gasteiger partial charge in [-0.15, -0.1) is 0 Å². The lowest BCUT2D eigenvalue weighted by atomic mass is 10.2. The molecule has 1 N–H and O–H groups in total. The van der Waals surface area contributed by atoms with E-state index >= 15 is 0 Å². The SMILES string of the molecule is CC(C)CN(CCC(=O)N(C)C)CC(=O)O. The highest BCUT2D eigenvalue weighted by atomic mass is 16.4. The van der Waals surface area contributed by atoms with Crippen LogP contribution in [0.2, 0.25) is 0 Å². The molecule has 5 heteroatoms. The maximum Gasteiger partial charge on any atom is 0.317 e. The highest BCUT2D eigenvalue weighted by Crippen LogP contribution is 2.00. The lowest BCUT2D eigenvalue weighted by Gasteiger charge is -2.22. The van der Waals surface area contributed by atoms with Crippen molar-refractivity contribution in [2.45, 2.75) is 20.3 Å². The summed E-state index contributed by atoms with van der Waals surface area (Å²) >= 11 is 0. The Bertz CT molecular complexity index is 239. The second-order valence-corrected chi connectivity index (χ2v) is 4.56. The minimum Gasteiger partial charge on any atom is -0.480 e. The van der Waals surface area contributed by atoms with Crippen molar-refractivity contribution in [2.24, 2.45) is 5.92 Å². The highest BCUT2D eigenvalue weighted by molar-refractivity contribution is 5.75. The first-order valence-electron chi connectivity index (χ1n) is 5.47. The first kappa shape index (κ1) is 14.9. The number of amides is 1. The minimum absolute atomic E-state index is 0.00110. The number of hydrogen-bond donors (Lipinski definition) is 1. The van der Waals surface area contributed by atoms with Gasteiger partial charge in [-0.3, -0.25) is 14.5 Å². The van der Waals surface area contributed by atoms with Crippen molar-refractivity contribution in [3.8, 4) is 0 Å². The molecule has 94 valence electrons. The summed E-state index contributed by atoms with van der Waals surface area (Å²) < 4.78 is 0. The molecule has 0 rings (SSSR count). The summed E-state index contributed by atoms with van der Waals surface area (Å²) in [6.45, 7) is 5.26. The average molecular weight is 230 g/mol. The molecule has 0 heterocycles. The van der Waals surface area contributed by atoms with E-state index in [1.165, 1.54) is 4.90 Å². The molecule has 0 aliphatic carbocycles. The van der Waals surface area contributed by atoms with Gasteiger partial charge in [0.15, 0.2) is 0 Å². The van der Waals surface area contributed by atoms with Crippen molar-refractivity contribution in [1.82, 2.24) is 9.80 Å². The Morgan fingerprint density at radius 3 is 2.19 bits per heavy atom. The summed E-state index contributed by atoms with van der Waals surface area (Å²) in [5, 5.41) is 8.73.